The highest BCUT2D eigenvalue weighted by Crippen LogP contribution is 2.57. The Kier molecular flexibility index (Phi) is 8.86. The summed E-state index contributed by atoms with van der Waals surface area (Å²) >= 11 is 0. The van der Waals surface area contributed by atoms with Crippen LogP contribution in [0.3, 0.4) is 0 Å². The lowest BCUT2D eigenvalue weighted by molar-refractivity contribution is 0.0204. The molecule has 5 atom stereocenters. The molecule has 0 unspecified atom stereocenters. The van der Waals surface area contributed by atoms with Gasteiger partial charge >= 0.3 is 0 Å². The maximum atomic E-state index is 10.7. The third-order valence-corrected chi connectivity index (χ3v) is 9.37. The highest BCUT2D eigenvalue weighted by atomic mass is 16.3. The maximum Gasteiger partial charge on any atom is 0.0642 e. The normalized spacial score (nSPS) is 34.0. The molecular weight excluding hydrogens is 408 g/mol. The molecule has 3 heteroatoms. The van der Waals surface area contributed by atoms with Crippen molar-refractivity contribution in [3.8, 4) is 0 Å². The Bertz CT molecular complexity index is 784. The second-order valence-corrected chi connectivity index (χ2v) is 11.4. The largest absolute Gasteiger partial charge is 0.396 e. The predicted molar refractivity (Wildman–Crippen MR) is 138 cm³/mol. The Morgan fingerprint density at radius 1 is 1.27 bits per heavy atom. The summed E-state index contributed by atoms with van der Waals surface area (Å²) in [5, 5.41) is 30.5. The molecule has 3 rings (SSSR count). The van der Waals surface area contributed by atoms with Gasteiger partial charge < -0.3 is 15.3 Å². The third-order valence-electron chi connectivity index (χ3n) is 9.37. The fourth-order valence-electron chi connectivity index (χ4n) is 6.88. The Hall–Kier alpha value is -1.16. The van der Waals surface area contributed by atoms with Gasteiger partial charge in [-0.05, 0) is 92.6 Å². The predicted octanol–water partition coefficient (Wildman–Crippen LogP) is 6.65. The number of fused-ring (bicyclic) bond motifs is 1. The average Bonchev–Trinajstić information content (AvgIpc) is 3.16. The van der Waals surface area contributed by atoms with Crippen molar-refractivity contribution in [1.29, 1.82) is 0 Å². The number of rotatable bonds is 9. The van der Waals surface area contributed by atoms with E-state index in [2.05, 4.69) is 52.5 Å². The fraction of sp³-hybridized carbons (Fsp3) is 0.733. The molecule has 0 spiro atoms. The van der Waals surface area contributed by atoms with E-state index in [9.17, 15) is 15.3 Å². The molecule has 3 aliphatic rings. The van der Waals surface area contributed by atoms with Gasteiger partial charge in [-0.1, -0.05) is 70.1 Å². The Morgan fingerprint density at radius 2 is 2.00 bits per heavy atom. The molecule has 33 heavy (non-hydrogen) atoms. The Balaban J connectivity index is 1.69. The Morgan fingerprint density at radius 3 is 2.67 bits per heavy atom. The van der Waals surface area contributed by atoms with Crippen LogP contribution in [-0.2, 0) is 0 Å². The maximum absolute atomic E-state index is 10.7. The van der Waals surface area contributed by atoms with Crippen molar-refractivity contribution in [3.63, 3.8) is 0 Å². The first kappa shape index (κ1) is 26.4. The van der Waals surface area contributed by atoms with Crippen molar-refractivity contribution < 1.29 is 15.3 Å². The average molecular weight is 457 g/mol. The van der Waals surface area contributed by atoms with E-state index in [1.807, 2.05) is 0 Å². The van der Waals surface area contributed by atoms with Crippen LogP contribution >= 0.6 is 0 Å². The highest BCUT2D eigenvalue weighted by molar-refractivity contribution is 5.39. The van der Waals surface area contributed by atoms with Crippen LogP contribution in [0.5, 0.6) is 0 Å². The molecule has 0 aromatic carbocycles. The molecule has 3 nitrogen and oxygen atoms in total. The van der Waals surface area contributed by atoms with Crippen LogP contribution in [0, 0.1) is 23.2 Å². The van der Waals surface area contributed by atoms with Gasteiger partial charge in [-0.2, -0.15) is 0 Å². The summed E-state index contributed by atoms with van der Waals surface area (Å²) in [6.45, 7) is 13.3. The fourth-order valence-corrected chi connectivity index (χ4v) is 6.88. The van der Waals surface area contributed by atoms with Crippen LogP contribution in [0.25, 0.3) is 0 Å². The van der Waals surface area contributed by atoms with Gasteiger partial charge in [0.05, 0.1) is 18.3 Å². The summed E-state index contributed by atoms with van der Waals surface area (Å²) in [5.41, 5.74) is 5.03. The van der Waals surface area contributed by atoms with E-state index >= 15 is 0 Å². The van der Waals surface area contributed by atoms with Gasteiger partial charge in [0.15, 0.2) is 0 Å². The zero-order valence-corrected chi connectivity index (χ0v) is 21.6. The molecule has 3 aliphatic carbocycles. The number of hydrogen-bond acceptors (Lipinski definition) is 3. The van der Waals surface area contributed by atoms with Crippen LogP contribution in [0.2, 0.25) is 0 Å². The topological polar surface area (TPSA) is 60.7 Å². The van der Waals surface area contributed by atoms with Crippen molar-refractivity contribution in [2.75, 3.05) is 6.61 Å². The van der Waals surface area contributed by atoms with Crippen molar-refractivity contribution in [1.82, 2.24) is 0 Å². The van der Waals surface area contributed by atoms with E-state index in [0.29, 0.717) is 24.7 Å². The van der Waals surface area contributed by atoms with E-state index in [0.717, 1.165) is 56.1 Å². The molecule has 0 aliphatic heterocycles. The molecule has 2 saturated carbocycles. The Labute approximate surface area is 202 Å². The minimum atomic E-state index is -0.490. The smallest absolute Gasteiger partial charge is 0.0642 e. The number of hydrogen-bond donors (Lipinski definition) is 3. The zero-order chi connectivity index (χ0) is 24.2. The third kappa shape index (κ3) is 5.74. The highest BCUT2D eigenvalue weighted by Gasteiger charge is 2.45. The SMILES string of the molecule is C=C1/C(=C\C=C2/CCC[C@]3(C)C([C@H](C)CCCC(O)(CC)CC)=CC[C@@H]23)C[C@@H](O)C[C@@H]1CO. The van der Waals surface area contributed by atoms with Gasteiger partial charge in [0.25, 0.3) is 0 Å². The quantitative estimate of drug-likeness (QED) is 0.340. The molecule has 0 bridgehead atoms. The van der Waals surface area contributed by atoms with Crippen molar-refractivity contribution in [3.05, 3.63) is 47.1 Å². The molecule has 0 heterocycles. The van der Waals surface area contributed by atoms with Gasteiger partial charge in [0, 0.05) is 5.92 Å². The van der Waals surface area contributed by atoms with Crippen LogP contribution < -0.4 is 0 Å². The van der Waals surface area contributed by atoms with Gasteiger partial charge in [-0.3, -0.25) is 0 Å². The molecule has 0 amide bonds. The summed E-state index contributed by atoms with van der Waals surface area (Å²) in [6, 6.07) is 0. The zero-order valence-electron chi connectivity index (χ0n) is 21.6. The van der Waals surface area contributed by atoms with Gasteiger partial charge in [0.1, 0.15) is 0 Å². The summed E-state index contributed by atoms with van der Waals surface area (Å²) in [7, 11) is 0. The molecule has 0 saturated heterocycles. The molecule has 186 valence electrons. The minimum absolute atomic E-state index is 0.0197. The second-order valence-electron chi connectivity index (χ2n) is 11.4. The molecule has 2 fully saturated rings. The lowest BCUT2D eigenvalue weighted by atomic mass is 9.62. The van der Waals surface area contributed by atoms with Crippen molar-refractivity contribution in [2.24, 2.45) is 23.2 Å². The number of allylic oxidation sites excluding steroid dienone is 5. The monoisotopic (exact) mass is 456 g/mol. The van der Waals surface area contributed by atoms with E-state index in [-0.39, 0.29) is 24.0 Å². The molecule has 0 aromatic heterocycles. The molecule has 0 aromatic rings. The van der Waals surface area contributed by atoms with Gasteiger partial charge in [-0.25, -0.2) is 0 Å². The molecule has 3 N–H and O–H groups in total. The van der Waals surface area contributed by atoms with Gasteiger partial charge in [0.2, 0.25) is 0 Å². The van der Waals surface area contributed by atoms with Crippen LogP contribution in [0.15, 0.2) is 47.1 Å². The van der Waals surface area contributed by atoms with Crippen molar-refractivity contribution >= 4 is 0 Å². The van der Waals surface area contributed by atoms with E-state index in [1.165, 1.54) is 18.4 Å². The van der Waals surface area contributed by atoms with E-state index < -0.39 is 5.60 Å². The minimum Gasteiger partial charge on any atom is -0.396 e. The lowest BCUT2D eigenvalue weighted by Gasteiger charge is -2.42. The summed E-state index contributed by atoms with van der Waals surface area (Å²) < 4.78 is 0. The van der Waals surface area contributed by atoms with E-state index in [1.54, 1.807) is 5.57 Å². The van der Waals surface area contributed by atoms with Crippen LogP contribution in [0.1, 0.15) is 98.3 Å². The summed E-state index contributed by atoms with van der Waals surface area (Å²) in [6.07, 6.45) is 17.5. The standard InChI is InChI=1S/C30H48O3/c1-6-30(33,7-2)17-8-10-21(3)27-14-15-28-23(11-9-16-29(27,28)5)12-13-24-18-26(32)19-25(20-31)22(24)4/h12-14,21,25-26,28,31-33H,4,6-11,15-20H2,1-3,5H3/b23-12+,24-13-/t21-,25-,26-,28+,29-/m1/s1. The van der Waals surface area contributed by atoms with Gasteiger partial charge in [-0.15, -0.1) is 0 Å². The number of aliphatic hydroxyl groups excluding tert-OH is 2. The van der Waals surface area contributed by atoms with E-state index in [4.69, 9.17) is 0 Å². The van der Waals surface area contributed by atoms with Crippen molar-refractivity contribution in [2.45, 2.75) is 110 Å². The first-order valence-electron chi connectivity index (χ1n) is 13.5. The summed E-state index contributed by atoms with van der Waals surface area (Å²) in [5.74, 6) is 1.11. The summed E-state index contributed by atoms with van der Waals surface area (Å²) in [4.78, 5) is 0. The molecule has 0 radical (unpaired) electrons. The molecular formula is C30H48O3. The number of aliphatic hydroxyl groups is 3. The second kappa shape index (κ2) is 11.1. The first-order chi connectivity index (χ1) is 15.7. The van der Waals surface area contributed by atoms with Crippen LogP contribution in [-0.4, -0.2) is 33.6 Å². The first-order valence-corrected chi connectivity index (χ1v) is 13.5. The lowest BCUT2D eigenvalue weighted by Crippen LogP contribution is -2.32. The van der Waals surface area contributed by atoms with Crippen LogP contribution in [0.4, 0.5) is 0 Å².